The first-order valence-electron chi connectivity index (χ1n) is 7.63. The summed E-state index contributed by atoms with van der Waals surface area (Å²) in [4.78, 5) is 27.9. The number of thiophene rings is 1. The third-order valence-corrected chi connectivity index (χ3v) is 4.33. The van der Waals surface area contributed by atoms with E-state index < -0.39 is 5.97 Å². The zero-order valence-electron chi connectivity index (χ0n) is 13.5. The fourth-order valence-corrected chi connectivity index (χ4v) is 3.04. The Balaban J connectivity index is 1.57. The van der Waals surface area contributed by atoms with Crippen LogP contribution in [0.4, 0.5) is 5.00 Å². The number of methoxy groups -OCH3 is 1. The molecular weight excluding hydrogens is 340 g/mol. The Morgan fingerprint density at radius 2 is 2.04 bits per heavy atom. The second kappa shape index (κ2) is 7.76. The van der Waals surface area contributed by atoms with Gasteiger partial charge in [0.05, 0.1) is 18.9 Å². The Labute approximate surface area is 148 Å². The normalized spacial score (nSPS) is 10.4. The van der Waals surface area contributed by atoms with Crippen molar-refractivity contribution in [3.05, 3.63) is 59.4 Å². The van der Waals surface area contributed by atoms with Gasteiger partial charge < -0.3 is 14.5 Å². The zero-order valence-corrected chi connectivity index (χ0v) is 14.3. The molecule has 3 rings (SSSR count). The fraction of sp³-hybridized carbons (Fsp3) is 0.167. The molecule has 3 aromatic rings. The van der Waals surface area contributed by atoms with Crippen LogP contribution in [0.15, 0.2) is 52.4 Å². The largest absolute Gasteiger partial charge is 0.465 e. The second-order valence-electron chi connectivity index (χ2n) is 5.19. The molecule has 0 radical (unpaired) electrons. The first-order chi connectivity index (χ1) is 12.2. The highest BCUT2D eigenvalue weighted by atomic mass is 32.1. The summed E-state index contributed by atoms with van der Waals surface area (Å²) in [5.74, 6) is 0.472. The number of hydrogen-bond acceptors (Lipinski definition) is 6. The van der Waals surface area contributed by atoms with Crippen LogP contribution >= 0.6 is 11.3 Å². The number of carbonyl (C=O) groups is 2. The van der Waals surface area contributed by atoms with Gasteiger partial charge in [-0.15, -0.1) is 11.3 Å². The van der Waals surface area contributed by atoms with Gasteiger partial charge in [0.2, 0.25) is 5.91 Å². The lowest BCUT2D eigenvalue weighted by Gasteiger charge is -2.04. The van der Waals surface area contributed by atoms with E-state index in [0.717, 1.165) is 5.56 Å². The maximum absolute atomic E-state index is 12.1. The molecule has 0 atom stereocenters. The van der Waals surface area contributed by atoms with Crippen molar-refractivity contribution in [3.63, 3.8) is 0 Å². The third kappa shape index (κ3) is 4.13. The summed E-state index contributed by atoms with van der Waals surface area (Å²) >= 11 is 1.27. The number of amides is 1. The lowest BCUT2D eigenvalue weighted by molar-refractivity contribution is -0.116. The molecule has 2 aromatic heterocycles. The number of nitrogens with one attached hydrogen (secondary N) is 1. The Morgan fingerprint density at radius 3 is 2.80 bits per heavy atom. The Bertz CT molecular complexity index is 870. The highest BCUT2D eigenvalue weighted by Crippen LogP contribution is 2.24. The molecule has 25 heavy (non-hydrogen) atoms. The molecule has 1 aromatic carbocycles. The number of hydrogen-bond donors (Lipinski definition) is 1. The molecule has 0 aliphatic carbocycles. The smallest absolute Gasteiger partial charge is 0.340 e. The van der Waals surface area contributed by atoms with E-state index in [4.69, 9.17) is 4.42 Å². The zero-order chi connectivity index (χ0) is 17.6. The maximum atomic E-state index is 12.1. The van der Waals surface area contributed by atoms with Gasteiger partial charge in [-0.25, -0.2) is 9.78 Å². The number of anilines is 1. The molecule has 0 spiro atoms. The van der Waals surface area contributed by atoms with Gasteiger partial charge in [0.25, 0.3) is 0 Å². The van der Waals surface area contributed by atoms with Crippen molar-refractivity contribution in [2.24, 2.45) is 0 Å². The van der Waals surface area contributed by atoms with E-state index in [0.29, 0.717) is 28.6 Å². The van der Waals surface area contributed by atoms with Crippen LogP contribution in [0.3, 0.4) is 0 Å². The standard InChI is InChI=1S/C18H16N2O4S/c1-23-18(22)13-9-10-25-17(13)20-15(21)7-8-16-19-11-14(24-16)12-5-3-2-4-6-12/h2-6,9-11H,7-8H2,1H3,(H,20,21). The molecule has 2 heterocycles. The van der Waals surface area contributed by atoms with Crippen LogP contribution in [0.1, 0.15) is 22.7 Å². The van der Waals surface area contributed by atoms with Crippen molar-refractivity contribution in [2.75, 3.05) is 12.4 Å². The molecule has 0 aliphatic heterocycles. The fourth-order valence-electron chi connectivity index (χ4n) is 2.25. The number of oxazole rings is 1. The van der Waals surface area contributed by atoms with Crippen LogP contribution in [0.25, 0.3) is 11.3 Å². The summed E-state index contributed by atoms with van der Waals surface area (Å²) in [6.45, 7) is 0. The first-order valence-corrected chi connectivity index (χ1v) is 8.51. The number of aromatic nitrogens is 1. The Kier molecular flexibility index (Phi) is 5.25. The monoisotopic (exact) mass is 356 g/mol. The molecule has 0 aliphatic rings. The first kappa shape index (κ1) is 16.9. The number of nitrogens with zero attached hydrogens (tertiary/aromatic N) is 1. The minimum absolute atomic E-state index is 0.202. The van der Waals surface area contributed by atoms with Crippen molar-refractivity contribution in [1.82, 2.24) is 4.98 Å². The second-order valence-corrected chi connectivity index (χ2v) is 6.10. The van der Waals surface area contributed by atoms with Crippen molar-refractivity contribution in [1.29, 1.82) is 0 Å². The van der Waals surface area contributed by atoms with Crippen LogP contribution in [0.5, 0.6) is 0 Å². The molecule has 0 saturated heterocycles. The van der Waals surface area contributed by atoms with Crippen LogP contribution in [-0.2, 0) is 16.0 Å². The number of rotatable bonds is 6. The molecule has 128 valence electrons. The average Bonchev–Trinajstić information content (AvgIpc) is 3.29. The van der Waals surface area contributed by atoms with Crippen molar-refractivity contribution in [3.8, 4) is 11.3 Å². The van der Waals surface area contributed by atoms with Gasteiger partial charge in [-0.3, -0.25) is 4.79 Å². The van der Waals surface area contributed by atoms with E-state index in [1.165, 1.54) is 18.4 Å². The molecule has 7 heteroatoms. The number of ether oxygens (including phenoxy) is 1. The number of benzene rings is 1. The van der Waals surface area contributed by atoms with E-state index in [2.05, 4.69) is 15.0 Å². The van der Waals surface area contributed by atoms with Gasteiger partial charge in [0, 0.05) is 18.4 Å². The van der Waals surface area contributed by atoms with Gasteiger partial charge in [0.1, 0.15) is 5.00 Å². The SMILES string of the molecule is COC(=O)c1ccsc1NC(=O)CCc1ncc(-c2ccccc2)o1. The van der Waals surface area contributed by atoms with E-state index >= 15 is 0 Å². The van der Waals surface area contributed by atoms with E-state index in [-0.39, 0.29) is 12.3 Å². The van der Waals surface area contributed by atoms with Gasteiger partial charge in [-0.1, -0.05) is 30.3 Å². The Hall–Kier alpha value is -2.93. The quantitative estimate of drug-likeness (QED) is 0.680. The maximum Gasteiger partial charge on any atom is 0.340 e. The highest BCUT2D eigenvalue weighted by Gasteiger charge is 2.16. The molecule has 6 nitrogen and oxygen atoms in total. The Morgan fingerprint density at radius 1 is 1.24 bits per heavy atom. The van der Waals surface area contributed by atoms with Crippen LogP contribution < -0.4 is 5.32 Å². The summed E-state index contributed by atoms with van der Waals surface area (Å²) in [7, 11) is 1.30. The molecule has 0 saturated carbocycles. The topological polar surface area (TPSA) is 81.4 Å². The lowest BCUT2D eigenvalue weighted by Crippen LogP contribution is -2.14. The van der Waals surface area contributed by atoms with Crippen molar-refractivity contribution < 1.29 is 18.7 Å². The summed E-state index contributed by atoms with van der Waals surface area (Å²) in [6, 6.07) is 11.3. The minimum atomic E-state index is -0.475. The van der Waals surface area contributed by atoms with E-state index in [9.17, 15) is 9.59 Å². The summed E-state index contributed by atoms with van der Waals surface area (Å²) in [5.41, 5.74) is 1.29. The van der Waals surface area contributed by atoms with Gasteiger partial charge >= 0.3 is 5.97 Å². The molecule has 0 fully saturated rings. The molecule has 1 N–H and O–H groups in total. The van der Waals surface area contributed by atoms with E-state index in [1.54, 1.807) is 17.6 Å². The van der Waals surface area contributed by atoms with Crippen molar-refractivity contribution in [2.45, 2.75) is 12.8 Å². The summed E-state index contributed by atoms with van der Waals surface area (Å²) in [5, 5.41) is 4.93. The van der Waals surface area contributed by atoms with Gasteiger partial charge in [-0.05, 0) is 11.4 Å². The summed E-state index contributed by atoms with van der Waals surface area (Å²) in [6.07, 6.45) is 2.22. The van der Waals surface area contributed by atoms with Crippen molar-refractivity contribution >= 4 is 28.2 Å². The number of carbonyl (C=O) groups excluding carboxylic acids is 2. The highest BCUT2D eigenvalue weighted by molar-refractivity contribution is 7.14. The molecule has 0 bridgehead atoms. The molecular formula is C18H16N2O4S. The number of esters is 1. The van der Waals surface area contributed by atoms with Gasteiger partial charge in [0.15, 0.2) is 11.7 Å². The van der Waals surface area contributed by atoms with Crippen LogP contribution in [0, 0.1) is 0 Å². The molecule has 1 amide bonds. The third-order valence-electron chi connectivity index (χ3n) is 3.50. The number of aryl methyl sites for hydroxylation is 1. The van der Waals surface area contributed by atoms with E-state index in [1.807, 2.05) is 30.3 Å². The predicted octanol–water partition coefficient (Wildman–Crippen LogP) is 3.76. The summed E-state index contributed by atoms with van der Waals surface area (Å²) < 4.78 is 10.4. The van der Waals surface area contributed by atoms with Crippen LogP contribution in [-0.4, -0.2) is 24.0 Å². The average molecular weight is 356 g/mol. The predicted molar refractivity (Wildman–Crippen MR) is 94.5 cm³/mol. The van der Waals surface area contributed by atoms with Crippen LogP contribution in [0.2, 0.25) is 0 Å². The minimum Gasteiger partial charge on any atom is -0.465 e. The molecule has 0 unspecified atom stereocenters. The lowest BCUT2D eigenvalue weighted by atomic mass is 10.2. The van der Waals surface area contributed by atoms with Gasteiger partial charge in [-0.2, -0.15) is 0 Å².